The van der Waals surface area contributed by atoms with E-state index in [9.17, 15) is 9.59 Å². The van der Waals surface area contributed by atoms with Gasteiger partial charge in [0.2, 0.25) is 5.91 Å². The van der Waals surface area contributed by atoms with Crippen molar-refractivity contribution in [3.63, 3.8) is 0 Å². The van der Waals surface area contributed by atoms with E-state index in [2.05, 4.69) is 5.32 Å². The van der Waals surface area contributed by atoms with Crippen LogP contribution in [0.4, 0.5) is 0 Å². The molecule has 3 saturated heterocycles. The van der Waals surface area contributed by atoms with Crippen LogP contribution in [0.1, 0.15) is 38.5 Å². The summed E-state index contributed by atoms with van der Waals surface area (Å²) >= 11 is 0. The lowest BCUT2D eigenvalue weighted by Gasteiger charge is -2.43. The van der Waals surface area contributed by atoms with Crippen LogP contribution in [0.15, 0.2) is 0 Å². The number of nitrogens with one attached hydrogen (secondary N) is 1. The molecular formula is C18H30ClN3O3. The molecule has 25 heavy (non-hydrogen) atoms. The molecule has 1 unspecified atom stereocenters. The fourth-order valence-electron chi connectivity index (χ4n) is 5.09. The van der Waals surface area contributed by atoms with E-state index in [1.165, 1.54) is 19.3 Å². The number of carbonyl (C=O) groups is 2. The van der Waals surface area contributed by atoms with Gasteiger partial charge in [0.25, 0.3) is 5.91 Å². The predicted octanol–water partition coefficient (Wildman–Crippen LogP) is 1.04. The molecule has 0 aromatic carbocycles. The smallest absolute Gasteiger partial charge is 0.251 e. The second kappa shape index (κ2) is 7.80. The van der Waals surface area contributed by atoms with Crippen LogP contribution in [0.2, 0.25) is 0 Å². The Morgan fingerprint density at radius 2 is 1.76 bits per heavy atom. The normalized spacial score (nSPS) is 35.2. The van der Waals surface area contributed by atoms with E-state index in [1.54, 1.807) is 0 Å². The number of piperazine rings is 1. The Morgan fingerprint density at radius 1 is 1.00 bits per heavy atom. The number of hydrogen-bond acceptors (Lipinski definition) is 4. The Morgan fingerprint density at radius 3 is 2.48 bits per heavy atom. The number of amides is 2. The number of fused-ring (bicyclic) bond motifs is 1. The summed E-state index contributed by atoms with van der Waals surface area (Å²) in [5, 5.41) is 3.46. The van der Waals surface area contributed by atoms with Crippen molar-refractivity contribution in [3.05, 3.63) is 0 Å². The summed E-state index contributed by atoms with van der Waals surface area (Å²) in [7, 11) is 0. The Hall–Kier alpha value is -0.850. The van der Waals surface area contributed by atoms with Crippen LogP contribution < -0.4 is 5.32 Å². The van der Waals surface area contributed by atoms with Crippen LogP contribution in [0.3, 0.4) is 0 Å². The van der Waals surface area contributed by atoms with Gasteiger partial charge in [-0.3, -0.25) is 9.59 Å². The molecule has 6 nitrogen and oxygen atoms in total. The van der Waals surface area contributed by atoms with Gasteiger partial charge in [0.1, 0.15) is 6.10 Å². The second-order valence-corrected chi connectivity index (χ2v) is 7.85. The lowest BCUT2D eigenvalue weighted by molar-refractivity contribution is -0.152. The van der Waals surface area contributed by atoms with Gasteiger partial charge in [-0.05, 0) is 38.1 Å². The molecule has 0 bridgehead atoms. The van der Waals surface area contributed by atoms with E-state index in [-0.39, 0.29) is 29.8 Å². The van der Waals surface area contributed by atoms with Crippen molar-refractivity contribution in [2.75, 3.05) is 45.9 Å². The second-order valence-electron chi connectivity index (χ2n) is 7.85. The van der Waals surface area contributed by atoms with Gasteiger partial charge in [-0.1, -0.05) is 12.8 Å². The largest absolute Gasteiger partial charge is 0.368 e. The molecule has 0 aromatic heterocycles. The van der Waals surface area contributed by atoms with Gasteiger partial charge in [-0.15, -0.1) is 12.4 Å². The molecule has 0 aromatic rings. The first kappa shape index (κ1) is 18.9. The summed E-state index contributed by atoms with van der Waals surface area (Å²) in [6.45, 7) is 5.18. The average Bonchev–Trinajstić information content (AvgIpc) is 3.30. The van der Waals surface area contributed by atoms with Crippen molar-refractivity contribution in [3.8, 4) is 0 Å². The lowest BCUT2D eigenvalue weighted by atomic mass is 9.67. The fourth-order valence-corrected chi connectivity index (χ4v) is 5.09. The van der Waals surface area contributed by atoms with Crippen LogP contribution in [0.5, 0.6) is 0 Å². The highest BCUT2D eigenvalue weighted by Crippen LogP contribution is 2.45. The van der Waals surface area contributed by atoms with Crippen LogP contribution in [0.25, 0.3) is 0 Å². The molecule has 1 saturated carbocycles. The van der Waals surface area contributed by atoms with E-state index in [1.807, 2.05) is 9.80 Å². The third-order valence-corrected chi connectivity index (χ3v) is 6.55. The van der Waals surface area contributed by atoms with E-state index in [4.69, 9.17) is 4.74 Å². The van der Waals surface area contributed by atoms with Crippen molar-refractivity contribution in [2.45, 2.75) is 44.6 Å². The third kappa shape index (κ3) is 3.40. The molecule has 0 radical (unpaired) electrons. The minimum atomic E-state index is -0.243. The number of nitrogens with zero attached hydrogens (tertiary/aromatic N) is 2. The van der Waals surface area contributed by atoms with Gasteiger partial charge in [-0.25, -0.2) is 0 Å². The summed E-state index contributed by atoms with van der Waals surface area (Å²) in [5.74, 6) is 0.961. The molecule has 7 heteroatoms. The zero-order valence-corrected chi connectivity index (χ0v) is 15.7. The maximum absolute atomic E-state index is 13.2. The Labute approximate surface area is 156 Å². The maximum atomic E-state index is 13.2. The molecule has 4 fully saturated rings. The topological polar surface area (TPSA) is 61.9 Å². The summed E-state index contributed by atoms with van der Waals surface area (Å²) in [4.78, 5) is 29.6. The highest BCUT2D eigenvalue weighted by Gasteiger charge is 2.51. The summed E-state index contributed by atoms with van der Waals surface area (Å²) in [6, 6.07) is 0. The molecule has 4 rings (SSSR count). The predicted molar refractivity (Wildman–Crippen MR) is 96.6 cm³/mol. The first-order valence-electron chi connectivity index (χ1n) is 9.61. The SMILES string of the molecule is Cl.O=C(C1CCCO1)N1CCN(C(=O)[C@@]23CCCC[C@H]2CNC3)CC1. The fraction of sp³-hybridized carbons (Fsp3) is 0.889. The van der Waals surface area contributed by atoms with Crippen LogP contribution >= 0.6 is 12.4 Å². The Balaban J connectivity index is 0.00000182. The quantitative estimate of drug-likeness (QED) is 0.787. The van der Waals surface area contributed by atoms with Gasteiger partial charge >= 0.3 is 0 Å². The molecular weight excluding hydrogens is 342 g/mol. The highest BCUT2D eigenvalue weighted by atomic mass is 35.5. The summed E-state index contributed by atoms with van der Waals surface area (Å²) < 4.78 is 5.51. The van der Waals surface area contributed by atoms with Gasteiger partial charge in [0, 0.05) is 39.3 Å². The average molecular weight is 372 g/mol. The van der Waals surface area contributed by atoms with Gasteiger partial charge < -0.3 is 19.9 Å². The molecule has 3 heterocycles. The third-order valence-electron chi connectivity index (χ3n) is 6.55. The lowest BCUT2D eigenvalue weighted by Crippen LogP contribution is -2.57. The Kier molecular flexibility index (Phi) is 5.91. The van der Waals surface area contributed by atoms with Gasteiger partial charge in [0.05, 0.1) is 5.41 Å². The molecule has 1 N–H and O–H groups in total. The minimum absolute atomic E-state index is 0. The van der Waals surface area contributed by atoms with Crippen molar-refractivity contribution in [1.82, 2.24) is 15.1 Å². The van der Waals surface area contributed by atoms with E-state index in [0.29, 0.717) is 44.6 Å². The number of ether oxygens (including phenoxy) is 1. The molecule has 1 aliphatic carbocycles. The highest BCUT2D eigenvalue weighted by molar-refractivity contribution is 5.85. The van der Waals surface area contributed by atoms with Crippen LogP contribution in [0, 0.1) is 11.3 Å². The first-order chi connectivity index (χ1) is 11.7. The summed E-state index contributed by atoms with van der Waals surface area (Å²) in [6.07, 6.45) is 6.20. The van der Waals surface area contributed by atoms with Crippen LogP contribution in [-0.2, 0) is 14.3 Å². The molecule has 3 aliphatic heterocycles. The standard InChI is InChI=1S/C18H29N3O3.ClH/c22-16(15-5-3-11-24-15)20-7-9-21(10-8-20)17(23)18-6-2-1-4-14(18)12-19-13-18;/h14-15,19H,1-13H2;1H/t14-,15?,18+;/m0./s1. The molecule has 4 aliphatic rings. The Bertz CT molecular complexity index is 504. The van der Waals surface area contributed by atoms with Crippen molar-refractivity contribution in [2.24, 2.45) is 11.3 Å². The van der Waals surface area contributed by atoms with Gasteiger partial charge in [-0.2, -0.15) is 0 Å². The first-order valence-corrected chi connectivity index (χ1v) is 9.61. The molecule has 0 spiro atoms. The monoisotopic (exact) mass is 371 g/mol. The minimum Gasteiger partial charge on any atom is -0.368 e. The van der Waals surface area contributed by atoms with E-state index in [0.717, 1.165) is 32.4 Å². The molecule has 2 amide bonds. The zero-order valence-electron chi connectivity index (χ0n) is 14.9. The number of carbonyl (C=O) groups excluding carboxylic acids is 2. The molecule has 3 atom stereocenters. The number of halogens is 1. The van der Waals surface area contributed by atoms with E-state index >= 15 is 0 Å². The zero-order chi connectivity index (χ0) is 16.6. The van der Waals surface area contributed by atoms with Gasteiger partial charge in [0.15, 0.2) is 0 Å². The van der Waals surface area contributed by atoms with Crippen molar-refractivity contribution < 1.29 is 14.3 Å². The van der Waals surface area contributed by atoms with Crippen LogP contribution in [-0.4, -0.2) is 73.6 Å². The maximum Gasteiger partial charge on any atom is 0.251 e. The number of rotatable bonds is 2. The number of hydrogen-bond donors (Lipinski definition) is 1. The van der Waals surface area contributed by atoms with Crippen molar-refractivity contribution in [1.29, 1.82) is 0 Å². The summed E-state index contributed by atoms with van der Waals surface area (Å²) in [5.41, 5.74) is -0.168. The van der Waals surface area contributed by atoms with E-state index < -0.39 is 0 Å². The molecule has 142 valence electrons. The van der Waals surface area contributed by atoms with Crippen molar-refractivity contribution >= 4 is 24.2 Å².